The second-order valence-electron chi connectivity index (χ2n) is 3.15. The lowest BCUT2D eigenvalue weighted by Crippen LogP contribution is -2.18. The average molecular weight is 216 g/mol. The SMILES string of the molecule is OCCc1c(F)c(F)cc2c1OCCO2. The second-order valence-corrected chi connectivity index (χ2v) is 3.15. The monoisotopic (exact) mass is 216 g/mol. The standard InChI is InChI=1S/C10H10F2O3/c11-7-5-8-10(15-4-3-14-8)6(1-2-13)9(7)12/h5,13H,1-4H2. The fraction of sp³-hybridized carbons (Fsp3) is 0.400. The lowest BCUT2D eigenvalue weighted by Gasteiger charge is -2.21. The van der Waals surface area contributed by atoms with Crippen LogP contribution in [0.1, 0.15) is 5.56 Å². The van der Waals surface area contributed by atoms with E-state index in [0.29, 0.717) is 13.2 Å². The summed E-state index contributed by atoms with van der Waals surface area (Å²) < 4.78 is 36.8. The highest BCUT2D eigenvalue weighted by atomic mass is 19.2. The Kier molecular flexibility index (Phi) is 2.73. The molecule has 0 aliphatic carbocycles. The van der Waals surface area contributed by atoms with Crippen LogP contribution < -0.4 is 9.47 Å². The molecule has 2 rings (SSSR count). The minimum Gasteiger partial charge on any atom is -0.486 e. The third-order valence-electron chi connectivity index (χ3n) is 2.18. The van der Waals surface area contributed by atoms with Gasteiger partial charge in [0.1, 0.15) is 13.2 Å². The molecule has 0 saturated heterocycles. The summed E-state index contributed by atoms with van der Waals surface area (Å²) in [4.78, 5) is 0. The number of ether oxygens (including phenoxy) is 2. The fourth-order valence-corrected chi connectivity index (χ4v) is 1.53. The van der Waals surface area contributed by atoms with E-state index in [2.05, 4.69) is 0 Å². The molecular weight excluding hydrogens is 206 g/mol. The largest absolute Gasteiger partial charge is 0.486 e. The summed E-state index contributed by atoms with van der Waals surface area (Å²) in [5, 5.41) is 8.75. The summed E-state index contributed by atoms with van der Waals surface area (Å²) in [7, 11) is 0. The number of aliphatic hydroxyl groups excluding tert-OH is 1. The van der Waals surface area contributed by atoms with E-state index >= 15 is 0 Å². The molecule has 0 bridgehead atoms. The van der Waals surface area contributed by atoms with E-state index < -0.39 is 11.6 Å². The van der Waals surface area contributed by atoms with E-state index in [0.717, 1.165) is 6.07 Å². The smallest absolute Gasteiger partial charge is 0.167 e. The zero-order valence-electron chi connectivity index (χ0n) is 7.93. The molecule has 15 heavy (non-hydrogen) atoms. The van der Waals surface area contributed by atoms with E-state index in [4.69, 9.17) is 14.6 Å². The van der Waals surface area contributed by atoms with Gasteiger partial charge in [-0.05, 0) is 0 Å². The van der Waals surface area contributed by atoms with Crippen LogP contribution in [-0.2, 0) is 6.42 Å². The molecule has 1 aliphatic heterocycles. The molecule has 0 atom stereocenters. The van der Waals surface area contributed by atoms with Gasteiger partial charge < -0.3 is 14.6 Å². The molecule has 5 heteroatoms. The number of hydrogen-bond acceptors (Lipinski definition) is 3. The second kappa shape index (κ2) is 4.02. The number of hydrogen-bond donors (Lipinski definition) is 1. The Bertz CT molecular complexity index is 379. The first-order chi connectivity index (χ1) is 7.24. The summed E-state index contributed by atoms with van der Waals surface area (Å²) >= 11 is 0. The van der Waals surface area contributed by atoms with Crippen molar-refractivity contribution < 1.29 is 23.4 Å². The number of benzene rings is 1. The van der Waals surface area contributed by atoms with Crippen LogP contribution >= 0.6 is 0 Å². The van der Waals surface area contributed by atoms with Gasteiger partial charge in [0.05, 0.1) is 0 Å². The molecule has 0 radical (unpaired) electrons. The van der Waals surface area contributed by atoms with Crippen LogP contribution in [0, 0.1) is 11.6 Å². The Morgan fingerprint density at radius 1 is 1.27 bits per heavy atom. The Morgan fingerprint density at radius 2 is 2.00 bits per heavy atom. The van der Waals surface area contributed by atoms with Gasteiger partial charge in [-0.2, -0.15) is 0 Å². The zero-order valence-corrected chi connectivity index (χ0v) is 7.93. The maximum absolute atomic E-state index is 13.4. The molecule has 1 aromatic rings. The molecule has 0 fully saturated rings. The normalized spacial score (nSPS) is 14.1. The van der Waals surface area contributed by atoms with Crippen LogP contribution in [0.15, 0.2) is 6.07 Å². The molecule has 0 amide bonds. The molecule has 82 valence electrons. The van der Waals surface area contributed by atoms with Gasteiger partial charge in [-0.25, -0.2) is 8.78 Å². The van der Waals surface area contributed by atoms with Gasteiger partial charge in [-0.15, -0.1) is 0 Å². The average Bonchev–Trinajstić information content (AvgIpc) is 2.25. The van der Waals surface area contributed by atoms with Crippen LogP contribution in [0.5, 0.6) is 11.5 Å². The number of aliphatic hydroxyl groups is 1. The number of halogens is 2. The molecule has 0 aromatic heterocycles. The van der Waals surface area contributed by atoms with Crippen molar-refractivity contribution in [2.45, 2.75) is 6.42 Å². The topological polar surface area (TPSA) is 38.7 Å². The van der Waals surface area contributed by atoms with Crippen molar-refractivity contribution in [3.8, 4) is 11.5 Å². The predicted molar refractivity (Wildman–Crippen MR) is 48.1 cm³/mol. The molecule has 1 aromatic carbocycles. The van der Waals surface area contributed by atoms with Crippen molar-refractivity contribution in [3.63, 3.8) is 0 Å². The summed E-state index contributed by atoms with van der Waals surface area (Å²) in [5.74, 6) is -1.56. The molecule has 0 unspecified atom stereocenters. The highest BCUT2D eigenvalue weighted by Gasteiger charge is 2.22. The van der Waals surface area contributed by atoms with Crippen molar-refractivity contribution in [3.05, 3.63) is 23.3 Å². The van der Waals surface area contributed by atoms with Crippen LogP contribution in [0.25, 0.3) is 0 Å². The summed E-state index contributed by atoms with van der Waals surface area (Å²) in [5.41, 5.74) is 0.0344. The third kappa shape index (κ3) is 1.74. The minimum atomic E-state index is -0.984. The van der Waals surface area contributed by atoms with E-state index in [-0.39, 0.29) is 30.1 Å². The van der Waals surface area contributed by atoms with Gasteiger partial charge in [0.2, 0.25) is 0 Å². The van der Waals surface area contributed by atoms with Gasteiger partial charge in [0.25, 0.3) is 0 Å². The molecule has 1 N–H and O–H groups in total. The summed E-state index contributed by atoms with van der Waals surface area (Å²) in [6.07, 6.45) is 0.00921. The van der Waals surface area contributed by atoms with Gasteiger partial charge in [-0.3, -0.25) is 0 Å². The first-order valence-electron chi connectivity index (χ1n) is 4.61. The molecule has 1 aliphatic rings. The van der Waals surface area contributed by atoms with Gasteiger partial charge in [0, 0.05) is 24.7 Å². The van der Waals surface area contributed by atoms with Crippen molar-refractivity contribution in [1.82, 2.24) is 0 Å². The highest BCUT2D eigenvalue weighted by Crippen LogP contribution is 2.37. The fourth-order valence-electron chi connectivity index (χ4n) is 1.53. The minimum absolute atomic E-state index is 0.00921. The maximum atomic E-state index is 13.4. The number of fused-ring (bicyclic) bond motifs is 1. The predicted octanol–water partition coefficient (Wildman–Crippen LogP) is 1.27. The Morgan fingerprint density at radius 3 is 2.73 bits per heavy atom. The van der Waals surface area contributed by atoms with Crippen molar-refractivity contribution in [2.75, 3.05) is 19.8 Å². The van der Waals surface area contributed by atoms with Gasteiger partial charge >= 0.3 is 0 Å². The lowest BCUT2D eigenvalue weighted by molar-refractivity contribution is 0.166. The molecule has 0 spiro atoms. The van der Waals surface area contributed by atoms with E-state index in [1.165, 1.54) is 0 Å². The van der Waals surface area contributed by atoms with E-state index in [1.807, 2.05) is 0 Å². The van der Waals surface area contributed by atoms with E-state index in [9.17, 15) is 8.78 Å². The first kappa shape index (κ1) is 10.2. The quantitative estimate of drug-likeness (QED) is 0.809. The molecular formula is C10H10F2O3. The molecule has 1 heterocycles. The molecule has 0 saturated carbocycles. The summed E-state index contributed by atoms with van der Waals surface area (Å²) in [6.45, 7) is 0.351. The van der Waals surface area contributed by atoms with Crippen LogP contribution in [0.4, 0.5) is 8.78 Å². The van der Waals surface area contributed by atoms with E-state index in [1.54, 1.807) is 0 Å². The van der Waals surface area contributed by atoms with Gasteiger partial charge in [-0.1, -0.05) is 0 Å². The molecule has 3 nitrogen and oxygen atoms in total. The highest BCUT2D eigenvalue weighted by molar-refractivity contribution is 5.48. The lowest BCUT2D eigenvalue weighted by atomic mass is 10.1. The Balaban J connectivity index is 2.52. The Labute approximate surface area is 85.2 Å². The van der Waals surface area contributed by atoms with Crippen LogP contribution in [-0.4, -0.2) is 24.9 Å². The van der Waals surface area contributed by atoms with Gasteiger partial charge in [0.15, 0.2) is 23.1 Å². The van der Waals surface area contributed by atoms with Crippen LogP contribution in [0.3, 0.4) is 0 Å². The van der Waals surface area contributed by atoms with Crippen molar-refractivity contribution in [1.29, 1.82) is 0 Å². The van der Waals surface area contributed by atoms with Crippen molar-refractivity contribution in [2.24, 2.45) is 0 Å². The Hall–Kier alpha value is -1.36. The van der Waals surface area contributed by atoms with Crippen molar-refractivity contribution >= 4 is 0 Å². The van der Waals surface area contributed by atoms with Crippen LogP contribution in [0.2, 0.25) is 0 Å². The number of rotatable bonds is 2. The maximum Gasteiger partial charge on any atom is 0.167 e. The summed E-state index contributed by atoms with van der Waals surface area (Å²) in [6, 6.07) is 0.963. The first-order valence-corrected chi connectivity index (χ1v) is 4.61. The zero-order chi connectivity index (χ0) is 10.8. The third-order valence-corrected chi connectivity index (χ3v) is 2.18.